The van der Waals surface area contributed by atoms with Crippen molar-refractivity contribution in [3.8, 4) is 11.8 Å². The standard InChI is InChI=1S/C16H10F3NO/c17-16(18,19)13-4-5-14-12(7-13)8-15(21-14)11-3-1-2-10(6-11)9-20/h1-7,15H,8H2. The van der Waals surface area contributed by atoms with Gasteiger partial charge in [0.25, 0.3) is 0 Å². The second-order valence-electron chi connectivity index (χ2n) is 4.87. The molecular formula is C16H10F3NO. The summed E-state index contributed by atoms with van der Waals surface area (Å²) < 4.78 is 43.8. The summed E-state index contributed by atoms with van der Waals surface area (Å²) >= 11 is 0. The third kappa shape index (κ3) is 2.57. The van der Waals surface area contributed by atoms with Crippen LogP contribution in [-0.2, 0) is 12.6 Å². The normalized spacial score (nSPS) is 17.0. The molecule has 5 heteroatoms. The molecule has 106 valence electrons. The van der Waals surface area contributed by atoms with Crippen LogP contribution >= 0.6 is 0 Å². The first-order valence-electron chi connectivity index (χ1n) is 6.34. The predicted octanol–water partition coefficient (Wildman–Crippen LogP) is 4.25. The number of hydrogen-bond acceptors (Lipinski definition) is 2. The quantitative estimate of drug-likeness (QED) is 0.786. The van der Waals surface area contributed by atoms with E-state index < -0.39 is 11.7 Å². The van der Waals surface area contributed by atoms with Gasteiger partial charge in [-0.15, -0.1) is 0 Å². The molecule has 2 aromatic carbocycles. The van der Waals surface area contributed by atoms with Crippen LogP contribution in [0.2, 0.25) is 0 Å². The molecule has 0 fully saturated rings. The Morgan fingerprint density at radius 1 is 1.14 bits per heavy atom. The molecule has 0 saturated carbocycles. The van der Waals surface area contributed by atoms with Crippen molar-refractivity contribution in [2.24, 2.45) is 0 Å². The molecule has 0 bridgehead atoms. The summed E-state index contributed by atoms with van der Waals surface area (Å²) in [6.07, 6.45) is -4.33. The van der Waals surface area contributed by atoms with Crippen molar-refractivity contribution < 1.29 is 17.9 Å². The zero-order valence-corrected chi connectivity index (χ0v) is 10.8. The molecule has 0 aliphatic carbocycles. The number of ether oxygens (including phenoxy) is 1. The Labute approximate surface area is 119 Å². The van der Waals surface area contributed by atoms with Crippen LogP contribution in [0.4, 0.5) is 13.2 Å². The molecule has 0 spiro atoms. The SMILES string of the molecule is N#Cc1cccc(C2Cc3cc(C(F)(F)F)ccc3O2)c1. The van der Waals surface area contributed by atoms with Gasteiger partial charge in [-0.05, 0) is 41.5 Å². The van der Waals surface area contributed by atoms with Gasteiger partial charge < -0.3 is 4.74 Å². The Balaban J connectivity index is 1.89. The average molecular weight is 289 g/mol. The fourth-order valence-electron chi connectivity index (χ4n) is 2.42. The molecule has 0 N–H and O–H groups in total. The van der Waals surface area contributed by atoms with Gasteiger partial charge in [0.05, 0.1) is 17.2 Å². The minimum Gasteiger partial charge on any atom is -0.485 e. The fourth-order valence-corrected chi connectivity index (χ4v) is 2.42. The Bertz CT molecular complexity index is 731. The molecule has 3 rings (SSSR count). The van der Waals surface area contributed by atoms with Crippen LogP contribution in [0.5, 0.6) is 5.75 Å². The van der Waals surface area contributed by atoms with E-state index in [0.29, 0.717) is 23.3 Å². The molecule has 0 saturated heterocycles. The number of nitrogens with zero attached hydrogens (tertiary/aromatic N) is 1. The molecule has 1 aliphatic rings. The van der Waals surface area contributed by atoms with Gasteiger partial charge >= 0.3 is 6.18 Å². The molecule has 0 aromatic heterocycles. The monoisotopic (exact) mass is 289 g/mol. The molecule has 1 heterocycles. The van der Waals surface area contributed by atoms with Gasteiger partial charge in [0, 0.05) is 6.42 Å². The van der Waals surface area contributed by atoms with Crippen LogP contribution in [0.3, 0.4) is 0 Å². The van der Waals surface area contributed by atoms with E-state index in [1.165, 1.54) is 6.07 Å². The maximum absolute atomic E-state index is 12.7. The Morgan fingerprint density at radius 2 is 1.95 bits per heavy atom. The van der Waals surface area contributed by atoms with Crippen LogP contribution in [0, 0.1) is 11.3 Å². The molecule has 0 radical (unpaired) electrons. The van der Waals surface area contributed by atoms with Gasteiger partial charge in [0.15, 0.2) is 0 Å². The first-order chi connectivity index (χ1) is 9.97. The Morgan fingerprint density at radius 3 is 2.67 bits per heavy atom. The van der Waals surface area contributed by atoms with E-state index in [-0.39, 0.29) is 6.10 Å². The van der Waals surface area contributed by atoms with Crippen molar-refractivity contribution in [2.45, 2.75) is 18.7 Å². The van der Waals surface area contributed by atoms with Gasteiger partial charge in [0.2, 0.25) is 0 Å². The van der Waals surface area contributed by atoms with Gasteiger partial charge in [-0.1, -0.05) is 12.1 Å². The summed E-state index contributed by atoms with van der Waals surface area (Å²) in [7, 11) is 0. The van der Waals surface area contributed by atoms with Crippen molar-refractivity contribution in [3.05, 3.63) is 64.7 Å². The lowest BCUT2D eigenvalue weighted by Gasteiger charge is -2.11. The molecular weight excluding hydrogens is 279 g/mol. The van der Waals surface area contributed by atoms with Crippen LogP contribution in [-0.4, -0.2) is 0 Å². The van der Waals surface area contributed by atoms with E-state index in [9.17, 15) is 13.2 Å². The molecule has 2 aromatic rings. The predicted molar refractivity (Wildman–Crippen MR) is 69.7 cm³/mol. The number of rotatable bonds is 1. The van der Waals surface area contributed by atoms with Gasteiger partial charge in [-0.25, -0.2) is 0 Å². The summed E-state index contributed by atoms with van der Waals surface area (Å²) in [5, 5.41) is 8.89. The number of nitriles is 1. The number of halogens is 3. The Kier molecular flexibility index (Phi) is 3.09. The lowest BCUT2D eigenvalue weighted by atomic mass is 10.0. The van der Waals surface area contributed by atoms with E-state index in [1.807, 2.05) is 12.1 Å². The smallest absolute Gasteiger partial charge is 0.416 e. The number of fused-ring (bicyclic) bond motifs is 1. The van der Waals surface area contributed by atoms with E-state index in [4.69, 9.17) is 10.00 Å². The lowest BCUT2D eigenvalue weighted by Crippen LogP contribution is -2.04. The van der Waals surface area contributed by atoms with Crippen molar-refractivity contribution in [1.82, 2.24) is 0 Å². The Hall–Kier alpha value is -2.48. The molecule has 1 atom stereocenters. The summed E-state index contributed by atoms with van der Waals surface area (Å²) in [6.45, 7) is 0. The number of benzene rings is 2. The second-order valence-corrected chi connectivity index (χ2v) is 4.87. The summed E-state index contributed by atoms with van der Waals surface area (Å²) in [4.78, 5) is 0. The maximum atomic E-state index is 12.7. The first-order valence-corrected chi connectivity index (χ1v) is 6.34. The van der Waals surface area contributed by atoms with Gasteiger partial charge in [-0.2, -0.15) is 18.4 Å². The molecule has 1 aliphatic heterocycles. The summed E-state index contributed by atoms with van der Waals surface area (Å²) in [5.41, 5.74) is 1.16. The zero-order chi connectivity index (χ0) is 15.0. The highest BCUT2D eigenvalue weighted by atomic mass is 19.4. The van der Waals surface area contributed by atoms with Gasteiger partial charge in [0.1, 0.15) is 11.9 Å². The summed E-state index contributed by atoms with van der Waals surface area (Å²) in [5.74, 6) is 0.468. The van der Waals surface area contributed by atoms with Crippen LogP contribution in [0.1, 0.15) is 28.4 Å². The van der Waals surface area contributed by atoms with Gasteiger partial charge in [-0.3, -0.25) is 0 Å². The van der Waals surface area contributed by atoms with Crippen molar-refractivity contribution in [3.63, 3.8) is 0 Å². The van der Waals surface area contributed by atoms with Crippen LogP contribution < -0.4 is 4.74 Å². The largest absolute Gasteiger partial charge is 0.485 e. The highest BCUT2D eigenvalue weighted by Gasteiger charge is 2.33. The zero-order valence-electron chi connectivity index (χ0n) is 10.8. The van der Waals surface area contributed by atoms with E-state index in [1.54, 1.807) is 18.2 Å². The lowest BCUT2D eigenvalue weighted by molar-refractivity contribution is -0.137. The maximum Gasteiger partial charge on any atom is 0.416 e. The number of alkyl halides is 3. The summed E-state index contributed by atoms with van der Waals surface area (Å²) in [6, 6.07) is 12.5. The average Bonchev–Trinajstić information content (AvgIpc) is 2.89. The van der Waals surface area contributed by atoms with E-state index in [2.05, 4.69) is 0 Å². The van der Waals surface area contributed by atoms with Crippen LogP contribution in [0.15, 0.2) is 42.5 Å². The van der Waals surface area contributed by atoms with Crippen LogP contribution in [0.25, 0.3) is 0 Å². The minimum absolute atomic E-state index is 0.350. The third-order valence-electron chi connectivity index (χ3n) is 3.45. The highest BCUT2D eigenvalue weighted by Crippen LogP contribution is 2.40. The molecule has 1 unspecified atom stereocenters. The minimum atomic E-state index is -4.35. The van der Waals surface area contributed by atoms with Crippen molar-refractivity contribution in [2.75, 3.05) is 0 Å². The molecule has 21 heavy (non-hydrogen) atoms. The number of hydrogen-bond donors (Lipinski definition) is 0. The highest BCUT2D eigenvalue weighted by molar-refractivity contribution is 5.44. The first kappa shape index (κ1) is 13.5. The third-order valence-corrected chi connectivity index (χ3v) is 3.45. The topological polar surface area (TPSA) is 33.0 Å². The van der Waals surface area contributed by atoms with Crippen molar-refractivity contribution in [1.29, 1.82) is 5.26 Å². The molecule has 0 amide bonds. The molecule has 2 nitrogen and oxygen atoms in total. The van der Waals surface area contributed by atoms with Crippen molar-refractivity contribution >= 4 is 0 Å². The second kappa shape index (κ2) is 4.81. The van der Waals surface area contributed by atoms with E-state index >= 15 is 0 Å². The van der Waals surface area contributed by atoms with E-state index in [0.717, 1.165) is 17.7 Å². The fraction of sp³-hybridized carbons (Fsp3) is 0.188.